The summed E-state index contributed by atoms with van der Waals surface area (Å²) >= 11 is 0. The van der Waals surface area contributed by atoms with E-state index in [2.05, 4.69) is 31.2 Å². The summed E-state index contributed by atoms with van der Waals surface area (Å²) in [4.78, 5) is 0. The summed E-state index contributed by atoms with van der Waals surface area (Å²) in [6.07, 6.45) is 20.1. The summed E-state index contributed by atoms with van der Waals surface area (Å²) in [6.45, 7) is 2.31. The highest BCUT2D eigenvalue weighted by Crippen LogP contribution is 2.44. The van der Waals surface area contributed by atoms with Crippen LogP contribution in [-0.2, 0) is 0 Å². The molecule has 0 spiro atoms. The smallest absolute Gasteiger partial charge is 0.131 e. The SMILES string of the molecule is CCCCCCCC1CCC(C2CCC(c3ccc(Oc4cc(N)cc(N)c4)cc3)CC2)CC1. The first-order valence-electron chi connectivity index (χ1n) is 14.0. The van der Waals surface area contributed by atoms with Gasteiger partial charge in [-0.15, -0.1) is 0 Å². The highest BCUT2D eigenvalue weighted by Gasteiger charge is 2.31. The molecular weight excluding hydrogens is 416 g/mol. The van der Waals surface area contributed by atoms with Crippen LogP contribution in [0.2, 0.25) is 0 Å². The van der Waals surface area contributed by atoms with Gasteiger partial charge < -0.3 is 16.2 Å². The number of unbranched alkanes of at least 4 members (excludes halogenated alkanes) is 4. The molecule has 2 aliphatic carbocycles. The second-order valence-electron chi connectivity index (χ2n) is 11.1. The number of hydrogen-bond acceptors (Lipinski definition) is 3. The highest BCUT2D eigenvalue weighted by molar-refractivity contribution is 5.57. The fraction of sp³-hybridized carbons (Fsp3) is 0.613. The van der Waals surface area contributed by atoms with Crippen LogP contribution in [-0.4, -0.2) is 0 Å². The van der Waals surface area contributed by atoms with Crippen molar-refractivity contribution in [3.05, 3.63) is 48.0 Å². The Morgan fingerprint density at radius 3 is 1.88 bits per heavy atom. The van der Waals surface area contributed by atoms with Crippen LogP contribution in [0.15, 0.2) is 42.5 Å². The van der Waals surface area contributed by atoms with E-state index in [-0.39, 0.29) is 0 Å². The minimum Gasteiger partial charge on any atom is -0.457 e. The molecule has 0 heterocycles. The Balaban J connectivity index is 1.18. The standard InChI is InChI=1S/C31H46N2O/c1-2-3-4-5-6-7-23-8-10-24(11-9-23)25-12-14-26(15-13-25)27-16-18-30(19-17-27)34-31-21-28(32)20-29(33)22-31/h16-26H,2-15,32-33H2,1H3. The molecule has 2 aromatic carbocycles. The molecule has 2 saturated carbocycles. The third-order valence-corrected chi connectivity index (χ3v) is 8.58. The fourth-order valence-electron chi connectivity index (χ4n) is 6.56. The molecule has 2 aliphatic rings. The molecule has 0 amide bonds. The molecule has 0 aromatic heterocycles. The minimum atomic E-state index is 0.624. The maximum atomic E-state index is 5.97. The summed E-state index contributed by atoms with van der Waals surface area (Å²) in [7, 11) is 0. The third-order valence-electron chi connectivity index (χ3n) is 8.58. The monoisotopic (exact) mass is 462 g/mol. The number of nitrogens with two attached hydrogens (primary N) is 2. The Labute approximate surface area is 207 Å². The van der Waals surface area contributed by atoms with Crippen LogP contribution in [0.5, 0.6) is 11.5 Å². The molecule has 34 heavy (non-hydrogen) atoms. The van der Waals surface area contributed by atoms with Crippen LogP contribution < -0.4 is 16.2 Å². The van der Waals surface area contributed by atoms with Crippen molar-refractivity contribution in [1.29, 1.82) is 0 Å². The quantitative estimate of drug-likeness (QED) is 0.273. The highest BCUT2D eigenvalue weighted by atomic mass is 16.5. The van der Waals surface area contributed by atoms with Gasteiger partial charge in [-0.1, -0.05) is 70.4 Å². The molecule has 3 nitrogen and oxygen atoms in total. The molecule has 0 aliphatic heterocycles. The topological polar surface area (TPSA) is 61.3 Å². The van der Waals surface area contributed by atoms with Crippen molar-refractivity contribution in [2.24, 2.45) is 17.8 Å². The average Bonchev–Trinajstić information content (AvgIpc) is 2.84. The molecule has 0 bridgehead atoms. The van der Waals surface area contributed by atoms with Crippen LogP contribution in [0.3, 0.4) is 0 Å². The molecular formula is C31H46N2O. The van der Waals surface area contributed by atoms with Gasteiger partial charge in [0.25, 0.3) is 0 Å². The molecule has 0 unspecified atom stereocenters. The second-order valence-corrected chi connectivity index (χ2v) is 11.1. The molecule has 3 heteroatoms. The van der Waals surface area contributed by atoms with E-state index < -0.39 is 0 Å². The van der Waals surface area contributed by atoms with Crippen molar-refractivity contribution in [3.63, 3.8) is 0 Å². The van der Waals surface area contributed by atoms with Gasteiger partial charge >= 0.3 is 0 Å². The Bertz CT molecular complexity index is 841. The van der Waals surface area contributed by atoms with E-state index in [1.807, 2.05) is 12.1 Å². The van der Waals surface area contributed by atoms with Gasteiger partial charge in [-0.25, -0.2) is 0 Å². The molecule has 0 radical (unpaired) electrons. The fourth-order valence-corrected chi connectivity index (χ4v) is 6.56. The normalized spacial score (nSPS) is 25.2. The summed E-state index contributed by atoms with van der Waals surface area (Å²) in [5.74, 6) is 5.23. The van der Waals surface area contributed by atoms with Crippen LogP contribution in [0.4, 0.5) is 11.4 Å². The van der Waals surface area contributed by atoms with Crippen LogP contribution in [0.25, 0.3) is 0 Å². The Morgan fingerprint density at radius 1 is 0.676 bits per heavy atom. The van der Waals surface area contributed by atoms with Gasteiger partial charge in [0.15, 0.2) is 0 Å². The maximum Gasteiger partial charge on any atom is 0.131 e. The predicted octanol–water partition coefficient (Wildman–Crippen LogP) is 9.08. The molecule has 2 aromatic rings. The lowest BCUT2D eigenvalue weighted by Gasteiger charge is -2.38. The number of nitrogen functional groups attached to an aromatic ring is 2. The Morgan fingerprint density at radius 2 is 1.26 bits per heavy atom. The Hall–Kier alpha value is -2.16. The van der Waals surface area contributed by atoms with Gasteiger partial charge in [0.1, 0.15) is 11.5 Å². The van der Waals surface area contributed by atoms with Gasteiger partial charge in [-0.05, 0) is 86.0 Å². The molecule has 0 atom stereocenters. The van der Waals surface area contributed by atoms with E-state index in [1.54, 1.807) is 6.07 Å². The summed E-state index contributed by atoms with van der Waals surface area (Å²) in [5.41, 5.74) is 14.5. The first-order valence-corrected chi connectivity index (χ1v) is 14.0. The first-order chi connectivity index (χ1) is 16.6. The first kappa shape index (κ1) is 24.9. The van der Waals surface area contributed by atoms with Crippen molar-refractivity contribution in [2.45, 2.75) is 103 Å². The van der Waals surface area contributed by atoms with Gasteiger partial charge in [-0.3, -0.25) is 0 Å². The minimum absolute atomic E-state index is 0.624. The predicted molar refractivity (Wildman–Crippen MR) is 145 cm³/mol. The molecule has 186 valence electrons. The third kappa shape index (κ3) is 7.17. The lowest BCUT2D eigenvalue weighted by Crippen LogP contribution is -2.25. The van der Waals surface area contributed by atoms with Crippen LogP contribution in [0.1, 0.15) is 108 Å². The molecule has 2 fully saturated rings. The van der Waals surface area contributed by atoms with Crippen molar-refractivity contribution in [2.75, 3.05) is 11.5 Å². The maximum absolute atomic E-state index is 5.97. The number of anilines is 2. The van der Waals surface area contributed by atoms with Gasteiger partial charge in [0, 0.05) is 23.5 Å². The van der Waals surface area contributed by atoms with Crippen molar-refractivity contribution < 1.29 is 4.74 Å². The van der Waals surface area contributed by atoms with Crippen molar-refractivity contribution in [3.8, 4) is 11.5 Å². The van der Waals surface area contributed by atoms with E-state index in [4.69, 9.17) is 16.2 Å². The van der Waals surface area contributed by atoms with E-state index in [1.165, 1.54) is 95.5 Å². The number of rotatable bonds is 10. The zero-order valence-electron chi connectivity index (χ0n) is 21.3. The van der Waals surface area contributed by atoms with Gasteiger partial charge in [-0.2, -0.15) is 0 Å². The van der Waals surface area contributed by atoms with Gasteiger partial charge in [0.05, 0.1) is 0 Å². The average molecular weight is 463 g/mol. The largest absolute Gasteiger partial charge is 0.457 e. The lowest BCUT2D eigenvalue weighted by molar-refractivity contribution is 0.155. The summed E-state index contributed by atoms with van der Waals surface area (Å²) < 4.78 is 5.97. The lowest BCUT2D eigenvalue weighted by atomic mass is 9.68. The number of benzene rings is 2. The Kier molecular flexibility index (Phi) is 9.18. The van der Waals surface area contributed by atoms with Crippen molar-refractivity contribution >= 4 is 11.4 Å². The second kappa shape index (κ2) is 12.5. The molecule has 4 rings (SSSR count). The van der Waals surface area contributed by atoms with Crippen molar-refractivity contribution in [1.82, 2.24) is 0 Å². The van der Waals surface area contributed by atoms with Gasteiger partial charge in [0.2, 0.25) is 0 Å². The van der Waals surface area contributed by atoms with E-state index in [0.717, 1.165) is 23.5 Å². The van der Waals surface area contributed by atoms with Crippen LogP contribution in [0, 0.1) is 17.8 Å². The number of ether oxygens (including phenoxy) is 1. The zero-order chi connectivity index (χ0) is 23.8. The molecule has 0 saturated heterocycles. The van der Waals surface area contributed by atoms with E-state index in [0.29, 0.717) is 23.0 Å². The summed E-state index contributed by atoms with van der Waals surface area (Å²) in [6, 6.07) is 14.0. The molecule has 4 N–H and O–H groups in total. The van der Waals surface area contributed by atoms with E-state index in [9.17, 15) is 0 Å². The zero-order valence-corrected chi connectivity index (χ0v) is 21.3. The number of hydrogen-bond donors (Lipinski definition) is 2. The summed E-state index contributed by atoms with van der Waals surface area (Å²) in [5, 5.41) is 0. The van der Waals surface area contributed by atoms with Crippen LogP contribution >= 0.6 is 0 Å². The van der Waals surface area contributed by atoms with E-state index >= 15 is 0 Å².